The molecule has 34 heavy (non-hydrogen) atoms. The zero-order chi connectivity index (χ0) is 24.2. The molecule has 0 aliphatic carbocycles. The maximum absolute atomic E-state index is 11.4. The van der Waals surface area contributed by atoms with Crippen LogP contribution in [0.15, 0.2) is 48.8 Å². The predicted octanol–water partition coefficient (Wildman–Crippen LogP) is 5.62. The van der Waals surface area contributed by atoms with Gasteiger partial charge < -0.3 is 24.5 Å². The number of ether oxygens (including phenoxy) is 2. The van der Waals surface area contributed by atoms with Crippen LogP contribution < -0.4 is 14.8 Å². The molecule has 0 atom stereocenters. The Hall–Kier alpha value is -3.49. The largest absolute Gasteiger partial charge is 0.496 e. The van der Waals surface area contributed by atoms with Gasteiger partial charge in [-0.15, -0.1) is 0 Å². The minimum absolute atomic E-state index is 0.101. The first kappa shape index (κ1) is 23.7. The van der Waals surface area contributed by atoms with Crippen molar-refractivity contribution in [2.45, 2.75) is 13.5 Å². The lowest BCUT2D eigenvalue weighted by Gasteiger charge is -2.12. The summed E-state index contributed by atoms with van der Waals surface area (Å²) in [5.41, 5.74) is 2.26. The molecule has 2 N–H and O–H groups in total. The SMILES string of the molecule is CCOc1cc(-c2cc(NCCn3c(Cl)cc4c(OC)ccc(Cl)c43)ncn2)ccc1C(=O)O. The summed E-state index contributed by atoms with van der Waals surface area (Å²) in [6.45, 7) is 3.22. The molecule has 2 aromatic heterocycles. The van der Waals surface area contributed by atoms with Crippen molar-refractivity contribution in [3.63, 3.8) is 0 Å². The molecule has 4 rings (SSSR count). The van der Waals surface area contributed by atoms with Gasteiger partial charge in [-0.05, 0) is 37.3 Å². The molecule has 0 aliphatic heterocycles. The van der Waals surface area contributed by atoms with Crippen molar-refractivity contribution in [2.24, 2.45) is 0 Å². The second-order valence-electron chi connectivity index (χ2n) is 7.29. The number of rotatable bonds is 9. The zero-order valence-corrected chi connectivity index (χ0v) is 20.0. The summed E-state index contributed by atoms with van der Waals surface area (Å²) >= 11 is 12.9. The summed E-state index contributed by atoms with van der Waals surface area (Å²) in [4.78, 5) is 20.0. The van der Waals surface area contributed by atoms with Crippen LogP contribution >= 0.6 is 23.2 Å². The number of aromatic nitrogens is 3. The van der Waals surface area contributed by atoms with Gasteiger partial charge in [0, 0.05) is 30.1 Å². The van der Waals surface area contributed by atoms with E-state index in [0.29, 0.717) is 52.9 Å². The summed E-state index contributed by atoms with van der Waals surface area (Å²) < 4.78 is 12.8. The maximum Gasteiger partial charge on any atom is 0.339 e. The van der Waals surface area contributed by atoms with Gasteiger partial charge in [0.15, 0.2) is 0 Å². The molecule has 0 amide bonds. The lowest BCUT2D eigenvalue weighted by atomic mass is 10.1. The second kappa shape index (κ2) is 10.2. The molecule has 8 nitrogen and oxygen atoms in total. The van der Waals surface area contributed by atoms with Crippen LogP contribution in [0, 0.1) is 0 Å². The third-order valence-electron chi connectivity index (χ3n) is 5.26. The van der Waals surface area contributed by atoms with Crippen molar-refractivity contribution in [3.05, 3.63) is 64.5 Å². The molecule has 0 bridgehead atoms. The monoisotopic (exact) mass is 500 g/mol. The molecular weight excluding hydrogens is 479 g/mol. The topological polar surface area (TPSA) is 98.5 Å². The smallest absolute Gasteiger partial charge is 0.339 e. The number of fused-ring (bicyclic) bond motifs is 1. The van der Waals surface area contributed by atoms with Crippen LogP contribution in [0.2, 0.25) is 10.2 Å². The molecule has 0 saturated heterocycles. The van der Waals surface area contributed by atoms with Crippen molar-refractivity contribution in [1.82, 2.24) is 14.5 Å². The van der Waals surface area contributed by atoms with Crippen molar-refractivity contribution in [2.75, 3.05) is 25.6 Å². The average molecular weight is 501 g/mol. The number of nitrogens with zero attached hydrogens (tertiary/aromatic N) is 3. The molecular formula is C24H22Cl2N4O4. The summed E-state index contributed by atoms with van der Waals surface area (Å²) in [6, 6.07) is 12.1. The number of carboxylic acid groups (broad SMARTS) is 1. The molecule has 0 fully saturated rings. The highest BCUT2D eigenvalue weighted by atomic mass is 35.5. The number of hydrogen-bond acceptors (Lipinski definition) is 6. The minimum atomic E-state index is -1.05. The van der Waals surface area contributed by atoms with Crippen molar-refractivity contribution in [1.29, 1.82) is 0 Å². The Morgan fingerprint density at radius 2 is 1.94 bits per heavy atom. The standard InChI is InChI=1S/C24H22Cl2N4O4/c1-3-34-20-10-14(4-5-15(20)24(31)32)18-12-22(29-13-28-18)27-8-9-30-21(26)11-16-19(33-2)7-6-17(25)23(16)30/h4-7,10-13H,3,8-9H2,1-2H3,(H,31,32)(H,27,28,29). The quantitative estimate of drug-likeness (QED) is 0.307. The molecule has 0 aliphatic rings. The Balaban J connectivity index is 1.53. The number of halogens is 2. The fourth-order valence-corrected chi connectivity index (χ4v) is 4.26. The second-order valence-corrected chi connectivity index (χ2v) is 8.09. The number of anilines is 1. The van der Waals surface area contributed by atoms with E-state index in [2.05, 4.69) is 15.3 Å². The number of hydrogen-bond donors (Lipinski definition) is 2. The number of aromatic carboxylic acids is 1. The number of carbonyl (C=O) groups is 1. The van der Waals surface area contributed by atoms with E-state index in [9.17, 15) is 9.90 Å². The van der Waals surface area contributed by atoms with E-state index in [0.717, 1.165) is 16.5 Å². The Labute approximate surface area is 206 Å². The van der Waals surface area contributed by atoms with Crippen molar-refractivity contribution >= 4 is 45.9 Å². The van der Waals surface area contributed by atoms with Crippen LogP contribution in [0.4, 0.5) is 5.82 Å². The highest BCUT2D eigenvalue weighted by Crippen LogP contribution is 2.36. The molecule has 2 heterocycles. The van der Waals surface area contributed by atoms with Gasteiger partial charge in [0.25, 0.3) is 0 Å². The summed E-state index contributed by atoms with van der Waals surface area (Å²) in [5.74, 6) is 0.561. The molecule has 0 unspecified atom stereocenters. The number of methoxy groups -OCH3 is 1. The fraction of sp³-hybridized carbons (Fsp3) is 0.208. The Bertz CT molecular complexity index is 1360. The predicted molar refractivity (Wildman–Crippen MR) is 133 cm³/mol. The lowest BCUT2D eigenvalue weighted by molar-refractivity contribution is 0.0692. The third kappa shape index (κ3) is 4.73. The number of carboxylic acids is 1. The molecule has 0 radical (unpaired) electrons. The van der Waals surface area contributed by atoms with E-state index >= 15 is 0 Å². The Kier molecular flexibility index (Phi) is 7.09. The lowest BCUT2D eigenvalue weighted by Crippen LogP contribution is -2.11. The first-order valence-electron chi connectivity index (χ1n) is 10.5. The molecule has 176 valence electrons. The Morgan fingerprint density at radius 3 is 2.68 bits per heavy atom. The summed E-state index contributed by atoms with van der Waals surface area (Å²) in [6.07, 6.45) is 1.45. The summed E-state index contributed by atoms with van der Waals surface area (Å²) in [5, 5.41) is 14.6. The van der Waals surface area contributed by atoms with Crippen molar-refractivity contribution in [3.8, 4) is 22.8 Å². The van der Waals surface area contributed by atoms with Gasteiger partial charge in [-0.2, -0.15) is 0 Å². The third-order valence-corrected chi connectivity index (χ3v) is 5.87. The highest BCUT2D eigenvalue weighted by Gasteiger charge is 2.15. The highest BCUT2D eigenvalue weighted by molar-refractivity contribution is 6.37. The first-order chi connectivity index (χ1) is 16.4. The van der Waals surface area contributed by atoms with Crippen LogP contribution in [0.3, 0.4) is 0 Å². The van der Waals surface area contributed by atoms with E-state index in [-0.39, 0.29) is 5.56 Å². The van der Waals surface area contributed by atoms with Gasteiger partial charge in [-0.3, -0.25) is 0 Å². The number of benzene rings is 2. The van der Waals surface area contributed by atoms with Crippen LogP contribution in [0.25, 0.3) is 22.2 Å². The molecule has 10 heteroatoms. The van der Waals surface area contributed by atoms with Crippen LogP contribution in [0.1, 0.15) is 17.3 Å². The van der Waals surface area contributed by atoms with E-state index in [4.69, 9.17) is 32.7 Å². The van der Waals surface area contributed by atoms with E-state index in [1.54, 1.807) is 38.3 Å². The van der Waals surface area contributed by atoms with E-state index in [1.165, 1.54) is 12.4 Å². The van der Waals surface area contributed by atoms with Gasteiger partial charge in [0.05, 0.1) is 29.9 Å². The van der Waals surface area contributed by atoms with Gasteiger partial charge >= 0.3 is 5.97 Å². The van der Waals surface area contributed by atoms with E-state index < -0.39 is 5.97 Å². The first-order valence-corrected chi connectivity index (χ1v) is 11.3. The van der Waals surface area contributed by atoms with Gasteiger partial charge in [-0.1, -0.05) is 29.3 Å². The van der Waals surface area contributed by atoms with Gasteiger partial charge in [0.1, 0.15) is 34.4 Å². The molecule has 4 aromatic rings. The van der Waals surface area contributed by atoms with Crippen LogP contribution in [0.5, 0.6) is 11.5 Å². The maximum atomic E-state index is 11.4. The Morgan fingerprint density at radius 1 is 1.12 bits per heavy atom. The fourth-order valence-electron chi connectivity index (χ4n) is 3.72. The van der Waals surface area contributed by atoms with Gasteiger partial charge in [0.2, 0.25) is 0 Å². The van der Waals surface area contributed by atoms with Gasteiger partial charge in [-0.25, -0.2) is 14.8 Å². The van der Waals surface area contributed by atoms with Crippen LogP contribution in [-0.2, 0) is 6.54 Å². The number of nitrogens with one attached hydrogen (secondary N) is 1. The average Bonchev–Trinajstić information content (AvgIpc) is 3.16. The minimum Gasteiger partial charge on any atom is -0.496 e. The van der Waals surface area contributed by atoms with Crippen LogP contribution in [-0.4, -0.2) is 45.9 Å². The molecule has 0 spiro atoms. The summed E-state index contributed by atoms with van der Waals surface area (Å²) in [7, 11) is 1.61. The van der Waals surface area contributed by atoms with E-state index in [1.807, 2.05) is 16.7 Å². The normalized spacial score (nSPS) is 10.9. The molecule has 2 aromatic carbocycles. The van der Waals surface area contributed by atoms with Crippen molar-refractivity contribution < 1.29 is 19.4 Å². The molecule has 0 saturated carbocycles. The zero-order valence-electron chi connectivity index (χ0n) is 18.5.